The molecule has 0 aliphatic heterocycles. The topological polar surface area (TPSA) is 58.2 Å². The quantitative estimate of drug-likeness (QED) is 0.784. The van der Waals surface area contributed by atoms with Crippen LogP contribution in [0.15, 0.2) is 42.5 Å². The molecule has 0 aromatic heterocycles. The van der Waals surface area contributed by atoms with Crippen molar-refractivity contribution in [2.75, 3.05) is 5.32 Å². The maximum atomic E-state index is 12.4. The molecule has 0 saturated heterocycles. The van der Waals surface area contributed by atoms with Gasteiger partial charge < -0.3 is 10.6 Å². The molecular weight excluding hydrogens is 359 g/mol. The summed E-state index contributed by atoms with van der Waals surface area (Å²) in [5, 5.41) is 6.82. The van der Waals surface area contributed by atoms with Gasteiger partial charge in [0.2, 0.25) is 5.91 Å². The molecule has 1 fully saturated rings. The molecule has 2 amide bonds. The van der Waals surface area contributed by atoms with Gasteiger partial charge in [-0.05, 0) is 61.7 Å². The molecule has 1 atom stereocenters. The summed E-state index contributed by atoms with van der Waals surface area (Å²) in [7, 11) is 0. The maximum absolute atomic E-state index is 12.4. The summed E-state index contributed by atoms with van der Waals surface area (Å²) >= 11 is 12.1. The highest BCUT2D eigenvalue weighted by molar-refractivity contribution is 6.35. The van der Waals surface area contributed by atoms with Gasteiger partial charge in [-0.15, -0.1) is 0 Å². The zero-order chi connectivity index (χ0) is 18.0. The van der Waals surface area contributed by atoms with Crippen molar-refractivity contribution in [3.63, 3.8) is 0 Å². The fourth-order valence-corrected chi connectivity index (χ4v) is 3.08. The average Bonchev–Trinajstić information content (AvgIpc) is 3.40. The summed E-state index contributed by atoms with van der Waals surface area (Å²) in [5.41, 5.74) is 2.01. The van der Waals surface area contributed by atoms with Gasteiger partial charge in [0.05, 0.1) is 6.04 Å². The summed E-state index contributed by atoms with van der Waals surface area (Å²) in [6.45, 7) is 1.86. The first-order valence-corrected chi connectivity index (χ1v) is 8.86. The van der Waals surface area contributed by atoms with E-state index in [4.69, 9.17) is 23.2 Å². The first-order chi connectivity index (χ1) is 11.9. The number of hydrogen-bond donors (Lipinski definition) is 2. The van der Waals surface area contributed by atoms with Crippen molar-refractivity contribution in [2.45, 2.75) is 25.8 Å². The van der Waals surface area contributed by atoms with Crippen molar-refractivity contribution in [1.82, 2.24) is 5.32 Å². The van der Waals surface area contributed by atoms with Gasteiger partial charge in [-0.2, -0.15) is 0 Å². The number of carbonyl (C=O) groups is 2. The fraction of sp³-hybridized carbons (Fsp3) is 0.263. The monoisotopic (exact) mass is 376 g/mol. The van der Waals surface area contributed by atoms with Gasteiger partial charge in [0.15, 0.2) is 0 Å². The molecule has 2 N–H and O–H groups in total. The second kappa shape index (κ2) is 7.46. The van der Waals surface area contributed by atoms with Crippen LogP contribution in [0.3, 0.4) is 0 Å². The molecule has 0 bridgehead atoms. The van der Waals surface area contributed by atoms with Crippen molar-refractivity contribution in [3.05, 3.63) is 63.6 Å². The van der Waals surface area contributed by atoms with E-state index >= 15 is 0 Å². The minimum atomic E-state index is -0.258. The Morgan fingerprint density at radius 3 is 2.36 bits per heavy atom. The van der Waals surface area contributed by atoms with Crippen LogP contribution in [0.1, 0.15) is 41.7 Å². The second-order valence-electron chi connectivity index (χ2n) is 6.20. The Hall–Kier alpha value is -2.04. The molecule has 4 nitrogen and oxygen atoms in total. The lowest BCUT2D eigenvalue weighted by molar-refractivity contribution is -0.117. The zero-order valence-electron chi connectivity index (χ0n) is 13.7. The summed E-state index contributed by atoms with van der Waals surface area (Å²) < 4.78 is 0. The molecule has 130 valence electrons. The Balaban J connectivity index is 1.63. The van der Waals surface area contributed by atoms with Gasteiger partial charge in [-0.1, -0.05) is 29.3 Å². The molecule has 1 saturated carbocycles. The van der Waals surface area contributed by atoms with Crippen LogP contribution in [0, 0.1) is 5.92 Å². The molecule has 1 aliphatic rings. The lowest BCUT2D eigenvalue weighted by Gasteiger charge is -2.16. The molecule has 6 heteroatoms. The number of carbonyl (C=O) groups excluding carboxylic acids is 2. The molecule has 3 rings (SSSR count). The second-order valence-corrected chi connectivity index (χ2v) is 7.05. The van der Waals surface area contributed by atoms with E-state index in [2.05, 4.69) is 10.6 Å². The van der Waals surface area contributed by atoms with Crippen molar-refractivity contribution in [1.29, 1.82) is 0 Å². The first-order valence-electron chi connectivity index (χ1n) is 8.11. The zero-order valence-corrected chi connectivity index (χ0v) is 15.2. The molecule has 1 aliphatic carbocycles. The number of halogens is 2. The van der Waals surface area contributed by atoms with E-state index in [1.165, 1.54) is 0 Å². The van der Waals surface area contributed by atoms with Crippen molar-refractivity contribution < 1.29 is 9.59 Å². The van der Waals surface area contributed by atoms with Crippen molar-refractivity contribution in [2.24, 2.45) is 5.92 Å². The number of benzene rings is 2. The van der Waals surface area contributed by atoms with E-state index in [0.29, 0.717) is 21.3 Å². The standard InChI is InChI=1S/C19H18Cl2N2O2/c1-11(16-9-6-14(20)10-17(16)21)22-18(24)13-4-7-15(8-5-13)23-19(25)12-2-3-12/h4-12H,2-3H2,1H3,(H,22,24)(H,23,25)/t11-/m0/s1. The van der Waals surface area contributed by atoms with Gasteiger partial charge >= 0.3 is 0 Å². The smallest absolute Gasteiger partial charge is 0.251 e. The van der Waals surface area contributed by atoms with Crippen LogP contribution in [0.4, 0.5) is 5.69 Å². The number of hydrogen-bond acceptors (Lipinski definition) is 2. The average molecular weight is 377 g/mol. The van der Waals surface area contributed by atoms with Crippen LogP contribution in [0.2, 0.25) is 10.0 Å². The normalized spacial score (nSPS) is 14.7. The summed E-state index contributed by atoms with van der Waals surface area (Å²) in [6, 6.07) is 11.8. The highest BCUT2D eigenvalue weighted by Crippen LogP contribution is 2.30. The lowest BCUT2D eigenvalue weighted by atomic mass is 10.1. The summed E-state index contributed by atoms with van der Waals surface area (Å²) in [5.74, 6) is -0.0188. The molecule has 0 unspecified atom stereocenters. The van der Waals surface area contributed by atoms with E-state index in [-0.39, 0.29) is 23.8 Å². The minimum absolute atomic E-state index is 0.0446. The number of nitrogens with one attached hydrogen (secondary N) is 2. The molecule has 0 spiro atoms. The van der Waals surface area contributed by atoms with Crippen molar-refractivity contribution in [3.8, 4) is 0 Å². The molecule has 0 radical (unpaired) electrons. The van der Waals surface area contributed by atoms with Gasteiger partial charge in [0, 0.05) is 27.2 Å². The van der Waals surface area contributed by atoms with Crippen LogP contribution in [-0.2, 0) is 4.79 Å². The molecular formula is C19H18Cl2N2O2. The van der Waals surface area contributed by atoms with E-state index in [1.54, 1.807) is 42.5 Å². The third kappa shape index (κ3) is 4.53. The fourth-order valence-electron chi connectivity index (χ4n) is 2.51. The highest BCUT2D eigenvalue weighted by Gasteiger charge is 2.29. The number of anilines is 1. The number of rotatable bonds is 5. The molecule has 2 aromatic carbocycles. The van der Waals surface area contributed by atoms with Gasteiger partial charge in [0.1, 0.15) is 0 Å². The third-order valence-electron chi connectivity index (χ3n) is 4.14. The largest absolute Gasteiger partial charge is 0.345 e. The van der Waals surface area contributed by atoms with Crippen LogP contribution in [-0.4, -0.2) is 11.8 Å². The minimum Gasteiger partial charge on any atom is -0.345 e. The molecule has 0 heterocycles. The van der Waals surface area contributed by atoms with Crippen LogP contribution in [0.25, 0.3) is 0 Å². The van der Waals surface area contributed by atoms with E-state index in [0.717, 1.165) is 18.4 Å². The molecule has 25 heavy (non-hydrogen) atoms. The Morgan fingerprint density at radius 1 is 1.08 bits per heavy atom. The van der Waals surface area contributed by atoms with Gasteiger partial charge in [-0.25, -0.2) is 0 Å². The highest BCUT2D eigenvalue weighted by atomic mass is 35.5. The summed E-state index contributed by atoms with van der Waals surface area (Å²) in [6.07, 6.45) is 1.91. The third-order valence-corrected chi connectivity index (χ3v) is 4.70. The molecule has 2 aromatic rings. The SMILES string of the molecule is C[C@H](NC(=O)c1ccc(NC(=O)C2CC2)cc1)c1ccc(Cl)cc1Cl. The van der Waals surface area contributed by atoms with Gasteiger partial charge in [0.25, 0.3) is 5.91 Å². The first kappa shape index (κ1) is 17.8. The number of amides is 2. The van der Waals surface area contributed by atoms with Crippen LogP contribution >= 0.6 is 23.2 Å². The van der Waals surface area contributed by atoms with Gasteiger partial charge in [-0.3, -0.25) is 9.59 Å². The Bertz CT molecular complexity index is 802. The Kier molecular flexibility index (Phi) is 5.30. The van der Waals surface area contributed by atoms with E-state index in [1.807, 2.05) is 6.92 Å². The maximum Gasteiger partial charge on any atom is 0.251 e. The lowest BCUT2D eigenvalue weighted by Crippen LogP contribution is -2.26. The van der Waals surface area contributed by atoms with Crippen molar-refractivity contribution >= 4 is 40.7 Å². The van der Waals surface area contributed by atoms with Crippen LogP contribution < -0.4 is 10.6 Å². The van der Waals surface area contributed by atoms with E-state index < -0.39 is 0 Å². The van der Waals surface area contributed by atoms with E-state index in [9.17, 15) is 9.59 Å². The predicted molar refractivity (Wildman–Crippen MR) is 100 cm³/mol. The summed E-state index contributed by atoms with van der Waals surface area (Å²) in [4.78, 5) is 24.1. The Labute approximate surface area is 156 Å². The Morgan fingerprint density at radius 2 is 1.76 bits per heavy atom. The predicted octanol–water partition coefficient (Wildman–Crippen LogP) is 4.83. The van der Waals surface area contributed by atoms with Crippen LogP contribution in [0.5, 0.6) is 0 Å².